The third-order valence-corrected chi connectivity index (χ3v) is 7.51. The Kier molecular flexibility index (Phi) is 8.04. The van der Waals surface area contributed by atoms with E-state index in [1.807, 2.05) is 49.5 Å². The first-order valence-corrected chi connectivity index (χ1v) is 13.0. The molecule has 0 bridgehead atoms. The van der Waals surface area contributed by atoms with E-state index in [2.05, 4.69) is 15.6 Å². The van der Waals surface area contributed by atoms with Crippen LogP contribution in [0, 0.1) is 0 Å². The van der Waals surface area contributed by atoms with Gasteiger partial charge in [-0.1, -0.05) is 17.7 Å². The maximum atomic E-state index is 13.4. The van der Waals surface area contributed by atoms with E-state index >= 15 is 0 Å². The second kappa shape index (κ2) is 11.2. The zero-order chi connectivity index (χ0) is 25.1. The molecule has 0 amide bonds. The predicted octanol–water partition coefficient (Wildman–Crippen LogP) is 6.60. The number of pyridine rings is 1. The lowest BCUT2D eigenvalue weighted by atomic mass is 10.1. The summed E-state index contributed by atoms with van der Waals surface area (Å²) >= 11 is 5.93. The molecule has 2 heterocycles. The fourth-order valence-corrected chi connectivity index (χ4v) is 5.37. The van der Waals surface area contributed by atoms with Crippen molar-refractivity contribution in [3.8, 4) is 11.5 Å². The van der Waals surface area contributed by atoms with Gasteiger partial charge in [0, 0.05) is 46.9 Å². The van der Waals surface area contributed by atoms with Crippen LogP contribution in [-0.4, -0.2) is 24.4 Å². The molecule has 3 aromatic carbocycles. The number of benzene rings is 3. The molecule has 37 heavy (non-hydrogen) atoms. The van der Waals surface area contributed by atoms with Gasteiger partial charge >= 0.3 is 0 Å². The Morgan fingerprint density at radius 3 is 2.27 bits per heavy atom. The number of nitrogens with one attached hydrogen (secondary N) is 2. The van der Waals surface area contributed by atoms with Crippen LogP contribution in [0.4, 0.5) is 11.4 Å². The van der Waals surface area contributed by atoms with Crippen molar-refractivity contribution in [2.45, 2.75) is 11.4 Å². The van der Waals surface area contributed by atoms with Gasteiger partial charge in [-0.05, 0) is 85.4 Å². The topological polar surface area (TPSA) is 85.2 Å². The number of aromatic nitrogens is 2. The highest BCUT2D eigenvalue weighted by Gasteiger charge is 2.21. The minimum atomic E-state index is -3.82. The van der Waals surface area contributed by atoms with E-state index in [0.29, 0.717) is 28.6 Å². The van der Waals surface area contributed by atoms with Crippen molar-refractivity contribution in [2.24, 2.45) is 0 Å². The summed E-state index contributed by atoms with van der Waals surface area (Å²) in [6.45, 7) is 0.536. The molecule has 0 unspecified atom stereocenters. The second-order valence-electron chi connectivity index (χ2n) is 8.11. The molecule has 0 atom stereocenters. The average Bonchev–Trinajstić information content (AvgIpc) is 3.26. The molecule has 7 nitrogen and oxygen atoms in total. The van der Waals surface area contributed by atoms with Crippen LogP contribution < -0.4 is 15.4 Å². The zero-order valence-electron chi connectivity index (χ0n) is 19.8. The summed E-state index contributed by atoms with van der Waals surface area (Å²) in [5.74, 6) is 1.38. The molecule has 0 spiro atoms. The number of hydrogen-bond acceptors (Lipinski definition) is 6. The van der Waals surface area contributed by atoms with Crippen molar-refractivity contribution >= 4 is 56.3 Å². The van der Waals surface area contributed by atoms with E-state index in [4.69, 9.17) is 16.3 Å². The smallest absolute Gasteiger partial charge is 0.269 e. The van der Waals surface area contributed by atoms with Crippen LogP contribution >= 0.6 is 24.0 Å². The summed E-state index contributed by atoms with van der Waals surface area (Å²) in [6.07, 6.45) is 4.57. The van der Waals surface area contributed by atoms with Crippen molar-refractivity contribution in [1.82, 2.24) is 14.3 Å². The summed E-state index contributed by atoms with van der Waals surface area (Å²) < 4.78 is 34.0. The summed E-state index contributed by atoms with van der Waals surface area (Å²) in [7, 11) is -1.99. The predicted molar refractivity (Wildman–Crippen MR) is 150 cm³/mol. The third kappa shape index (κ3) is 5.73. The van der Waals surface area contributed by atoms with E-state index in [1.54, 1.807) is 48.8 Å². The van der Waals surface area contributed by atoms with Crippen molar-refractivity contribution < 1.29 is 13.2 Å². The van der Waals surface area contributed by atoms with E-state index < -0.39 is 10.0 Å². The number of rotatable bonds is 8. The van der Waals surface area contributed by atoms with E-state index in [-0.39, 0.29) is 17.3 Å². The van der Waals surface area contributed by atoms with Gasteiger partial charge in [0.05, 0.1) is 5.52 Å². The molecular formula is C27H24Cl2N4O3S. The number of halogens is 2. The molecule has 0 saturated carbocycles. The molecule has 2 aromatic heterocycles. The van der Waals surface area contributed by atoms with Crippen LogP contribution in [0.2, 0.25) is 5.02 Å². The molecule has 190 valence electrons. The maximum absolute atomic E-state index is 13.4. The number of nitrogens with zero attached hydrogens (tertiary/aromatic N) is 2. The van der Waals surface area contributed by atoms with Crippen molar-refractivity contribution in [2.75, 3.05) is 12.4 Å². The molecule has 0 aliphatic rings. The van der Waals surface area contributed by atoms with Crippen LogP contribution in [0.3, 0.4) is 0 Å². The van der Waals surface area contributed by atoms with Crippen LogP contribution in [-0.2, 0) is 16.6 Å². The number of anilines is 2. The lowest BCUT2D eigenvalue weighted by Crippen LogP contribution is -2.12. The summed E-state index contributed by atoms with van der Waals surface area (Å²) in [4.78, 5) is 4.11. The first-order chi connectivity index (χ1) is 17.4. The van der Waals surface area contributed by atoms with Gasteiger partial charge in [-0.15, -0.1) is 12.4 Å². The summed E-state index contributed by atoms with van der Waals surface area (Å²) in [5.41, 5.74) is 3.05. The highest BCUT2D eigenvalue weighted by atomic mass is 35.5. The van der Waals surface area contributed by atoms with Crippen LogP contribution in [0.1, 0.15) is 5.56 Å². The van der Waals surface area contributed by atoms with Gasteiger partial charge in [-0.2, -0.15) is 0 Å². The Bertz CT molecular complexity index is 1610. The molecule has 10 heteroatoms. The molecule has 5 aromatic rings. The fraction of sp³-hybridized carbons (Fsp3) is 0.0741. The monoisotopic (exact) mass is 554 g/mol. The maximum Gasteiger partial charge on any atom is 0.269 e. The van der Waals surface area contributed by atoms with Crippen LogP contribution in [0.5, 0.6) is 11.5 Å². The first kappa shape index (κ1) is 26.5. The van der Waals surface area contributed by atoms with Crippen molar-refractivity contribution in [1.29, 1.82) is 0 Å². The van der Waals surface area contributed by atoms with Crippen molar-refractivity contribution in [3.05, 3.63) is 108 Å². The lowest BCUT2D eigenvalue weighted by Gasteiger charge is -2.11. The molecule has 5 rings (SSSR count). The van der Waals surface area contributed by atoms with Crippen LogP contribution in [0.25, 0.3) is 10.9 Å². The Morgan fingerprint density at radius 2 is 1.62 bits per heavy atom. The standard InChI is InChI=1S/C27H23ClN4O3S.ClH/c1-29-16-19-18-32(36(33,34)25-3-2-14-30-17-25)27-15-22(8-13-26(19)27)31-21-6-11-24(12-7-21)35-23-9-4-20(28)5-10-23;/h2-15,17-18,29,31H,16H2,1H3;1H. The molecule has 0 aliphatic carbocycles. The number of hydrogen-bond donors (Lipinski definition) is 2. The molecular weight excluding hydrogens is 531 g/mol. The number of fused-ring (bicyclic) bond motifs is 1. The molecule has 0 aliphatic heterocycles. The largest absolute Gasteiger partial charge is 0.457 e. The highest BCUT2D eigenvalue weighted by molar-refractivity contribution is 7.90. The van der Waals surface area contributed by atoms with Gasteiger partial charge in [-0.3, -0.25) is 4.98 Å². The third-order valence-electron chi connectivity index (χ3n) is 5.60. The quantitative estimate of drug-likeness (QED) is 0.224. The minimum absolute atomic E-state index is 0. The van der Waals surface area contributed by atoms with E-state index in [0.717, 1.165) is 22.3 Å². The summed E-state index contributed by atoms with van der Waals surface area (Å²) in [5, 5.41) is 7.96. The Morgan fingerprint density at radius 1 is 0.946 bits per heavy atom. The molecule has 0 radical (unpaired) electrons. The Balaban J connectivity index is 0.00000320. The van der Waals surface area contributed by atoms with Gasteiger partial charge in [0.25, 0.3) is 10.0 Å². The van der Waals surface area contributed by atoms with Gasteiger partial charge < -0.3 is 15.4 Å². The fourth-order valence-electron chi connectivity index (χ4n) is 3.90. The Hall–Kier alpha value is -3.56. The minimum Gasteiger partial charge on any atom is -0.457 e. The lowest BCUT2D eigenvalue weighted by molar-refractivity contribution is 0.483. The zero-order valence-corrected chi connectivity index (χ0v) is 22.1. The first-order valence-electron chi connectivity index (χ1n) is 11.2. The van der Waals surface area contributed by atoms with Crippen LogP contribution in [0.15, 0.2) is 102 Å². The normalized spacial score (nSPS) is 11.2. The Labute approximate surface area is 226 Å². The molecule has 0 saturated heterocycles. The summed E-state index contributed by atoms with van der Waals surface area (Å²) in [6, 6.07) is 23.5. The van der Waals surface area contributed by atoms with Gasteiger partial charge in [0.2, 0.25) is 0 Å². The SMILES string of the molecule is CNCc1cn(S(=O)(=O)c2cccnc2)c2cc(Nc3ccc(Oc4ccc(Cl)cc4)cc3)ccc12.Cl. The number of ether oxygens (including phenoxy) is 1. The van der Waals surface area contributed by atoms with Gasteiger partial charge in [-0.25, -0.2) is 12.4 Å². The van der Waals surface area contributed by atoms with Gasteiger partial charge in [0.1, 0.15) is 16.4 Å². The second-order valence-corrected chi connectivity index (χ2v) is 10.4. The molecule has 0 fully saturated rings. The highest BCUT2D eigenvalue weighted by Crippen LogP contribution is 2.30. The molecule has 2 N–H and O–H groups in total. The van der Waals surface area contributed by atoms with E-state index in [9.17, 15) is 8.42 Å². The van der Waals surface area contributed by atoms with Crippen molar-refractivity contribution in [3.63, 3.8) is 0 Å². The average molecular weight is 555 g/mol. The van der Waals surface area contributed by atoms with E-state index in [1.165, 1.54) is 10.2 Å². The van der Waals surface area contributed by atoms with Gasteiger partial charge in [0.15, 0.2) is 0 Å².